The van der Waals surface area contributed by atoms with E-state index in [-0.39, 0.29) is 0 Å². The van der Waals surface area contributed by atoms with E-state index in [9.17, 15) is 0 Å². The summed E-state index contributed by atoms with van der Waals surface area (Å²) in [5.74, 6) is 0.987. The molecule has 2 aliphatic heterocycles. The molecule has 0 aromatic rings. The zero-order valence-corrected chi connectivity index (χ0v) is 9.63. The van der Waals surface area contributed by atoms with Gasteiger partial charge in [0.1, 0.15) is 0 Å². The summed E-state index contributed by atoms with van der Waals surface area (Å²) < 4.78 is 0. The molecule has 0 aromatic heterocycles. The maximum Gasteiger partial charge on any atom is 0.0224 e. The molecule has 0 unspecified atom stereocenters. The Morgan fingerprint density at radius 1 is 1.29 bits per heavy atom. The number of rotatable bonds is 3. The molecule has 82 valence electrons. The normalized spacial score (nSPS) is 33.6. The van der Waals surface area contributed by atoms with Crippen molar-refractivity contribution in [3.8, 4) is 0 Å². The van der Waals surface area contributed by atoms with Gasteiger partial charge in [-0.3, -0.25) is 4.90 Å². The molecule has 0 saturated carbocycles. The maximum absolute atomic E-state index is 3.65. The van der Waals surface area contributed by atoms with E-state index in [0.29, 0.717) is 0 Å². The highest BCUT2D eigenvalue weighted by atomic mass is 15.2. The highest BCUT2D eigenvalue weighted by Gasteiger charge is 2.33. The van der Waals surface area contributed by atoms with Crippen LogP contribution < -0.4 is 5.32 Å². The fourth-order valence-corrected chi connectivity index (χ4v) is 3.19. The van der Waals surface area contributed by atoms with Crippen LogP contribution >= 0.6 is 0 Å². The van der Waals surface area contributed by atoms with Crippen molar-refractivity contribution in [2.24, 2.45) is 5.92 Å². The topological polar surface area (TPSA) is 15.3 Å². The van der Waals surface area contributed by atoms with Gasteiger partial charge in [0, 0.05) is 18.6 Å². The third-order valence-corrected chi connectivity index (χ3v) is 4.17. The fourth-order valence-electron chi connectivity index (χ4n) is 3.19. The highest BCUT2D eigenvalue weighted by molar-refractivity contribution is 4.91. The van der Waals surface area contributed by atoms with Gasteiger partial charge in [-0.2, -0.15) is 0 Å². The van der Waals surface area contributed by atoms with E-state index < -0.39 is 0 Å². The summed E-state index contributed by atoms with van der Waals surface area (Å²) in [4.78, 5) is 2.71. The summed E-state index contributed by atoms with van der Waals surface area (Å²) in [5.41, 5.74) is 0. The number of nitrogens with one attached hydrogen (secondary N) is 1. The van der Waals surface area contributed by atoms with Crippen molar-refractivity contribution < 1.29 is 0 Å². The van der Waals surface area contributed by atoms with Crippen LogP contribution in [0.3, 0.4) is 0 Å². The molecule has 2 fully saturated rings. The van der Waals surface area contributed by atoms with Crippen LogP contribution in [-0.4, -0.2) is 36.6 Å². The minimum absolute atomic E-state index is 0.810. The SMILES string of the molecule is CCC(CC)N1CC[C@@H]2CCN[C@@H]2C1. The lowest BCUT2D eigenvalue weighted by atomic mass is 9.91. The van der Waals surface area contributed by atoms with Gasteiger partial charge in [0.2, 0.25) is 0 Å². The second-order valence-electron chi connectivity index (χ2n) is 4.86. The van der Waals surface area contributed by atoms with Crippen LogP contribution in [0.15, 0.2) is 0 Å². The Morgan fingerprint density at radius 3 is 2.79 bits per heavy atom. The van der Waals surface area contributed by atoms with Crippen molar-refractivity contribution in [1.29, 1.82) is 0 Å². The molecule has 0 amide bonds. The monoisotopic (exact) mass is 196 g/mol. The van der Waals surface area contributed by atoms with Crippen molar-refractivity contribution in [2.45, 2.75) is 51.6 Å². The van der Waals surface area contributed by atoms with Gasteiger partial charge in [-0.05, 0) is 44.7 Å². The van der Waals surface area contributed by atoms with E-state index >= 15 is 0 Å². The molecule has 0 radical (unpaired) electrons. The second-order valence-corrected chi connectivity index (χ2v) is 4.86. The van der Waals surface area contributed by atoms with Gasteiger partial charge in [-0.15, -0.1) is 0 Å². The number of fused-ring (bicyclic) bond motifs is 1. The van der Waals surface area contributed by atoms with Gasteiger partial charge >= 0.3 is 0 Å². The van der Waals surface area contributed by atoms with Crippen molar-refractivity contribution in [3.05, 3.63) is 0 Å². The van der Waals surface area contributed by atoms with Gasteiger partial charge in [-0.1, -0.05) is 13.8 Å². The first-order chi connectivity index (χ1) is 6.85. The molecule has 0 aliphatic carbocycles. The molecule has 2 nitrogen and oxygen atoms in total. The Hall–Kier alpha value is -0.0800. The predicted octanol–water partition coefficient (Wildman–Crippen LogP) is 1.86. The summed E-state index contributed by atoms with van der Waals surface area (Å²) in [6, 6.07) is 1.64. The summed E-state index contributed by atoms with van der Waals surface area (Å²) in [5, 5.41) is 3.65. The molecule has 2 rings (SSSR count). The van der Waals surface area contributed by atoms with Crippen molar-refractivity contribution in [1.82, 2.24) is 10.2 Å². The Labute approximate surface area is 88.1 Å². The van der Waals surface area contributed by atoms with Gasteiger partial charge in [0.25, 0.3) is 0 Å². The summed E-state index contributed by atoms with van der Waals surface area (Å²) in [6.45, 7) is 8.54. The van der Waals surface area contributed by atoms with Crippen molar-refractivity contribution >= 4 is 0 Å². The minimum atomic E-state index is 0.810. The smallest absolute Gasteiger partial charge is 0.0224 e. The van der Waals surface area contributed by atoms with Crippen LogP contribution in [0.1, 0.15) is 39.5 Å². The Kier molecular flexibility index (Phi) is 3.45. The van der Waals surface area contributed by atoms with Crippen LogP contribution in [-0.2, 0) is 0 Å². The molecule has 14 heavy (non-hydrogen) atoms. The molecule has 0 bridgehead atoms. The standard InChI is InChI=1S/C12H24N2/c1-3-11(4-2)14-8-6-10-5-7-13-12(10)9-14/h10-13H,3-9H2,1-2H3/t10-,12+/m0/s1. The number of hydrogen-bond donors (Lipinski definition) is 1. The first-order valence-corrected chi connectivity index (χ1v) is 6.32. The molecular weight excluding hydrogens is 172 g/mol. The lowest BCUT2D eigenvalue weighted by molar-refractivity contribution is 0.113. The molecule has 1 N–H and O–H groups in total. The van der Waals surface area contributed by atoms with E-state index in [1.165, 1.54) is 45.3 Å². The number of likely N-dealkylation sites (tertiary alicyclic amines) is 1. The molecule has 2 aliphatic rings. The van der Waals surface area contributed by atoms with Crippen LogP contribution in [0.25, 0.3) is 0 Å². The van der Waals surface area contributed by atoms with Crippen LogP contribution in [0, 0.1) is 5.92 Å². The number of hydrogen-bond acceptors (Lipinski definition) is 2. The zero-order valence-electron chi connectivity index (χ0n) is 9.63. The van der Waals surface area contributed by atoms with Gasteiger partial charge in [0.15, 0.2) is 0 Å². The predicted molar refractivity (Wildman–Crippen MR) is 60.5 cm³/mol. The molecule has 2 heterocycles. The first kappa shape index (κ1) is 10.4. The average molecular weight is 196 g/mol. The van der Waals surface area contributed by atoms with Crippen LogP contribution in [0.2, 0.25) is 0 Å². The fraction of sp³-hybridized carbons (Fsp3) is 1.00. The molecular formula is C12H24N2. The number of piperidine rings is 1. The molecule has 0 spiro atoms. The Balaban J connectivity index is 1.90. The van der Waals surface area contributed by atoms with E-state index in [1.54, 1.807) is 0 Å². The quantitative estimate of drug-likeness (QED) is 0.741. The van der Waals surface area contributed by atoms with Crippen molar-refractivity contribution in [3.63, 3.8) is 0 Å². The summed E-state index contributed by atoms with van der Waals surface area (Å²) >= 11 is 0. The Bertz CT molecular complexity index is 177. The third kappa shape index (κ3) is 1.96. The largest absolute Gasteiger partial charge is 0.312 e. The van der Waals surface area contributed by atoms with Crippen LogP contribution in [0.4, 0.5) is 0 Å². The Morgan fingerprint density at radius 2 is 2.07 bits per heavy atom. The highest BCUT2D eigenvalue weighted by Crippen LogP contribution is 2.27. The van der Waals surface area contributed by atoms with Crippen molar-refractivity contribution in [2.75, 3.05) is 19.6 Å². The van der Waals surface area contributed by atoms with Gasteiger partial charge < -0.3 is 5.32 Å². The zero-order chi connectivity index (χ0) is 9.97. The van der Waals surface area contributed by atoms with Crippen LogP contribution in [0.5, 0.6) is 0 Å². The molecule has 2 heteroatoms. The molecule has 0 aromatic carbocycles. The average Bonchev–Trinajstić information content (AvgIpc) is 2.66. The minimum Gasteiger partial charge on any atom is -0.312 e. The first-order valence-electron chi connectivity index (χ1n) is 6.32. The van der Waals surface area contributed by atoms with E-state index in [1.807, 2.05) is 0 Å². The molecule has 2 atom stereocenters. The van der Waals surface area contributed by atoms with E-state index in [4.69, 9.17) is 0 Å². The second kappa shape index (κ2) is 4.63. The summed E-state index contributed by atoms with van der Waals surface area (Å²) in [7, 11) is 0. The van der Waals surface area contributed by atoms with Gasteiger partial charge in [-0.25, -0.2) is 0 Å². The van der Waals surface area contributed by atoms with E-state index in [0.717, 1.165) is 18.0 Å². The van der Waals surface area contributed by atoms with Gasteiger partial charge in [0.05, 0.1) is 0 Å². The van der Waals surface area contributed by atoms with E-state index in [2.05, 4.69) is 24.1 Å². The lowest BCUT2D eigenvalue weighted by Gasteiger charge is -2.39. The third-order valence-electron chi connectivity index (χ3n) is 4.17. The summed E-state index contributed by atoms with van der Waals surface area (Å²) in [6.07, 6.45) is 5.47. The lowest BCUT2D eigenvalue weighted by Crippen LogP contribution is -2.50. The maximum atomic E-state index is 3.65. The molecule has 2 saturated heterocycles. The number of nitrogens with zero attached hydrogens (tertiary/aromatic N) is 1.